The number of hydrogen-bond acceptors (Lipinski definition) is 4. The maximum atomic E-state index is 12.2. The van der Waals surface area contributed by atoms with Gasteiger partial charge in [0.05, 0.1) is 11.6 Å². The van der Waals surface area contributed by atoms with Crippen molar-refractivity contribution in [1.82, 2.24) is 5.32 Å². The quantitative estimate of drug-likeness (QED) is 0.767. The molecule has 0 aromatic heterocycles. The standard InChI is InChI=1S/C15H19N3O3/c1-9-14(19)18-12-7-11(4-5-13(12)21-9)17-15(20)10-3-2-6-16-8-10/h4-5,7,9-10,16H,2-3,6,8H2,1H3,(H,17,20)(H,18,19). The van der Waals surface area contributed by atoms with Crippen molar-refractivity contribution in [3.8, 4) is 5.75 Å². The van der Waals surface area contributed by atoms with Crippen molar-refractivity contribution in [2.75, 3.05) is 23.7 Å². The zero-order valence-electron chi connectivity index (χ0n) is 11.9. The summed E-state index contributed by atoms with van der Waals surface area (Å²) in [4.78, 5) is 23.8. The highest BCUT2D eigenvalue weighted by Gasteiger charge is 2.25. The van der Waals surface area contributed by atoms with E-state index in [2.05, 4.69) is 16.0 Å². The maximum absolute atomic E-state index is 12.2. The number of piperidine rings is 1. The predicted molar refractivity (Wildman–Crippen MR) is 79.4 cm³/mol. The number of fused-ring (bicyclic) bond motifs is 1. The molecule has 3 N–H and O–H groups in total. The Labute approximate surface area is 123 Å². The molecular formula is C15H19N3O3. The Morgan fingerprint density at radius 2 is 2.29 bits per heavy atom. The van der Waals surface area contributed by atoms with Crippen LogP contribution in [0.4, 0.5) is 11.4 Å². The van der Waals surface area contributed by atoms with Crippen LogP contribution in [0.5, 0.6) is 5.75 Å². The van der Waals surface area contributed by atoms with Crippen LogP contribution in [0.25, 0.3) is 0 Å². The van der Waals surface area contributed by atoms with E-state index in [1.807, 2.05) is 0 Å². The van der Waals surface area contributed by atoms with Gasteiger partial charge in [-0.1, -0.05) is 0 Å². The molecule has 6 nitrogen and oxygen atoms in total. The molecule has 2 atom stereocenters. The summed E-state index contributed by atoms with van der Waals surface area (Å²) in [5.41, 5.74) is 1.26. The third-order valence-electron chi connectivity index (χ3n) is 3.85. The van der Waals surface area contributed by atoms with Crippen LogP contribution < -0.4 is 20.7 Å². The molecule has 2 heterocycles. The first-order valence-corrected chi connectivity index (χ1v) is 7.26. The second-order valence-electron chi connectivity index (χ2n) is 5.49. The first-order chi connectivity index (χ1) is 10.1. The number of hydrogen-bond donors (Lipinski definition) is 3. The summed E-state index contributed by atoms with van der Waals surface area (Å²) >= 11 is 0. The van der Waals surface area contributed by atoms with Gasteiger partial charge in [-0.05, 0) is 44.5 Å². The molecule has 2 amide bonds. The molecule has 1 saturated heterocycles. The summed E-state index contributed by atoms with van der Waals surface area (Å²) in [6.07, 6.45) is 1.43. The molecule has 1 fully saturated rings. The van der Waals surface area contributed by atoms with Crippen LogP contribution in [0.2, 0.25) is 0 Å². The Hall–Kier alpha value is -2.08. The first-order valence-electron chi connectivity index (χ1n) is 7.26. The van der Waals surface area contributed by atoms with E-state index >= 15 is 0 Å². The number of ether oxygens (including phenoxy) is 1. The molecule has 0 bridgehead atoms. The first kappa shape index (κ1) is 13.9. The van der Waals surface area contributed by atoms with E-state index in [-0.39, 0.29) is 17.7 Å². The fraction of sp³-hybridized carbons (Fsp3) is 0.467. The fourth-order valence-corrected chi connectivity index (χ4v) is 2.61. The minimum absolute atomic E-state index is 0.000598. The molecule has 1 aromatic carbocycles. The van der Waals surface area contributed by atoms with Gasteiger partial charge in [0.25, 0.3) is 5.91 Å². The highest BCUT2D eigenvalue weighted by atomic mass is 16.5. The Bertz CT molecular complexity index is 567. The molecule has 2 aliphatic rings. The number of nitrogens with one attached hydrogen (secondary N) is 3. The zero-order valence-corrected chi connectivity index (χ0v) is 11.9. The molecule has 112 valence electrons. The van der Waals surface area contributed by atoms with Gasteiger partial charge in [0.2, 0.25) is 5.91 Å². The van der Waals surface area contributed by atoms with Crippen LogP contribution in [0, 0.1) is 5.92 Å². The second kappa shape index (κ2) is 5.73. The van der Waals surface area contributed by atoms with E-state index in [1.54, 1.807) is 25.1 Å². The normalized spacial score (nSPS) is 24.5. The monoisotopic (exact) mass is 289 g/mol. The lowest BCUT2D eigenvalue weighted by molar-refractivity contribution is -0.122. The molecule has 21 heavy (non-hydrogen) atoms. The Morgan fingerprint density at radius 1 is 1.43 bits per heavy atom. The molecule has 1 aromatic rings. The van der Waals surface area contributed by atoms with Crippen LogP contribution in [0.15, 0.2) is 18.2 Å². The van der Waals surface area contributed by atoms with Crippen molar-refractivity contribution in [2.24, 2.45) is 5.92 Å². The summed E-state index contributed by atoms with van der Waals surface area (Å²) in [6.45, 7) is 3.39. The molecule has 2 aliphatic heterocycles. The van der Waals surface area contributed by atoms with E-state index < -0.39 is 6.10 Å². The van der Waals surface area contributed by atoms with Crippen LogP contribution in [0.1, 0.15) is 19.8 Å². The summed E-state index contributed by atoms with van der Waals surface area (Å²) < 4.78 is 5.49. The lowest BCUT2D eigenvalue weighted by atomic mass is 9.99. The molecular weight excluding hydrogens is 270 g/mol. The summed E-state index contributed by atoms with van der Waals surface area (Å²) in [5, 5.41) is 8.90. The minimum atomic E-state index is -0.494. The van der Waals surface area contributed by atoms with Gasteiger partial charge in [-0.25, -0.2) is 0 Å². The van der Waals surface area contributed by atoms with Gasteiger partial charge in [-0.2, -0.15) is 0 Å². The van der Waals surface area contributed by atoms with Crippen molar-refractivity contribution in [3.05, 3.63) is 18.2 Å². The van der Waals surface area contributed by atoms with Gasteiger partial charge < -0.3 is 20.7 Å². The molecule has 6 heteroatoms. The van der Waals surface area contributed by atoms with Gasteiger partial charge in [0.1, 0.15) is 5.75 Å². The average molecular weight is 289 g/mol. The van der Waals surface area contributed by atoms with Gasteiger partial charge in [-0.3, -0.25) is 9.59 Å². The molecule has 2 unspecified atom stereocenters. The molecule has 0 radical (unpaired) electrons. The maximum Gasteiger partial charge on any atom is 0.265 e. The van der Waals surface area contributed by atoms with E-state index in [1.165, 1.54) is 0 Å². The smallest absolute Gasteiger partial charge is 0.265 e. The van der Waals surface area contributed by atoms with Crippen molar-refractivity contribution < 1.29 is 14.3 Å². The van der Waals surface area contributed by atoms with Crippen LogP contribution >= 0.6 is 0 Å². The van der Waals surface area contributed by atoms with Crippen molar-refractivity contribution in [3.63, 3.8) is 0 Å². The van der Waals surface area contributed by atoms with Gasteiger partial charge in [0.15, 0.2) is 6.10 Å². The summed E-state index contributed by atoms with van der Waals surface area (Å²) in [6, 6.07) is 5.28. The fourth-order valence-electron chi connectivity index (χ4n) is 2.61. The second-order valence-corrected chi connectivity index (χ2v) is 5.49. The average Bonchev–Trinajstić information content (AvgIpc) is 2.49. The number of carbonyl (C=O) groups is 2. The lowest BCUT2D eigenvalue weighted by Gasteiger charge is -2.25. The highest BCUT2D eigenvalue weighted by molar-refractivity contribution is 5.99. The molecule has 3 rings (SSSR count). The van der Waals surface area contributed by atoms with Crippen LogP contribution in [0.3, 0.4) is 0 Å². The number of benzene rings is 1. The Morgan fingerprint density at radius 3 is 3.05 bits per heavy atom. The van der Waals surface area contributed by atoms with E-state index in [0.717, 1.165) is 19.4 Å². The summed E-state index contributed by atoms with van der Waals surface area (Å²) in [7, 11) is 0. The number of anilines is 2. The topological polar surface area (TPSA) is 79.5 Å². The van der Waals surface area contributed by atoms with Crippen molar-refractivity contribution >= 4 is 23.2 Å². The molecule has 0 aliphatic carbocycles. The summed E-state index contributed by atoms with van der Waals surface area (Å²) in [5.74, 6) is 0.459. The van der Waals surface area contributed by atoms with E-state index in [0.29, 0.717) is 23.7 Å². The zero-order chi connectivity index (χ0) is 14.8. The minimum Gasteiger partial charge on any atom is -0.479 e. The van der Waals surface area contributed by atoms with Gasteiger partial charge in [0, 0.05) is 12.2 Å². The van der Waals surface area contributed by atoms with Crippen LogP contribution in [-0.4, -0.2) is 31.0 Å². The van der Waals surface area contributed by atoms with Gasteiger partial charge >= 0.3 is 0 Å². The SMILES string of the molecule is CC1Oc2ccc(NC(=O)C3CCCNC3)cc2NC1=O. The third-order valence-corrected chi connectivity index (χ3v) is 3.85. The largest absolute Gasteiger partial charge is 0.479 e. The van der Waals surface area contributed by atoms with Crippen molar-refractivity contribution in [1.29, 1.82) is 0 Å². The number of amides is 2. The van der Waals surface area contributed by atoms with E-state index in [4.69, 9.17) is 4.74 Å². The molecule has 0 spiro atoms. The Balaban J connectivity index is 1.70. The lowest BCUT2D eigenvalue weighted by Crippen LogP contribution is -2.37. The number of carbonyl (C=O) groups excluding carboxylic acids is 2. The predicted octanol–water partition coefficient (Wildman–Crippen LogP) is 1.34. The third kappa shape index (κ3) is 3.00. The van der Waals surface area contributed by atoms with Gasteiger partial charge in [-0.15, -0.1) is 0 Å². The van der Waals surface area contributed by atoms with E-state index in [9.17, 15) is 9.59 Å². The Kier molecular flexibility index (Phi) is 3.79. The molecule has 0 saturated carbocycles. The van der Waals surface area contributed by atoms with Crippen LogP contribution in [-0.2, 0) is 9.59 Å². The number of rotatable bonds is 2. The highest BCUT2D eigenvalue weighted by Crippen LogP contribution is 2.32. The van der Waals surface area contributed by atoms with Crippen molar-refractivity contribution in [2.45, 2.75) is 25.9 Å².